The summed E-state index contributed by atoms with van der Waals surface area (Å²) >= 11 is 0. The Bertz CT molecular complexity index is 859. The van der Waals surface area contributed by atoms with Crippen LogP contribution >= 0.6 is 0 Å². The third-order valence-corrected chi connectivity index (χ3v) is 4.12. The van der Waals surface area contributed by atoms with E-state index in [2.05, 4.69) is 4.98 Å². The minimum atomic E-state index is -0.529. The molecule has 0 unspecified atom stereocenters. The van der Waals surface area contributed by atoms with Crippen LogP contribution in [0.2, 0.25) is 0 Å². The number of nitro benzene ring substituents is 1. The summed E-state index contributed by atoms with van der Waals surface area (Å²) in [4.78, 5) is 13.3. The zero-order valence-electron chi connectivity index (χ0n) is 13.7. The Hall–Kier alpha value is -3.44. The predicted octanol–water partition coefficient (Wildman–Crippen LogP) is 4.08. The number of aliphatic hydroxyl groups excluding tert-OH is 1. The van der Waals surface area contributed by atoms with Gasteiger partial charge in [-0.2, -0.15) is 0 Å². The molecule has 26 heavy (non-hydrogen) atoms. The monoisotopic (exact) mass is 354 g/mol. The van der Waals surface area contributed by atoms with Gasteiger partial charge in [-0.1, -0.05) is 30.3 Å². The van der Waals surface area contributed by atoms with Crippen LogP contribution < -0.4 is 0 Å². The second-order valence-electron chi connectivity index (χ2n) is 5.78. The molecule has 8 nitrogen and oxygen atoms in total. The van der Waals surface area contributed by atoms with Crippen LogP contribution in [0.5, 0.6) is 0 Å². The van der Waals surface area contributed by atoms with Crippen molar-refractivity contribution in [3.05, 3.63) is 92.5 Å². The summed E-state index contributed by atoms with van der Waals surface area (Å²) in [7, 11) is 0. The number of benzene rings is 2. The van der Waals surface area contributed by atoms with Crippen LogP contribution in [0, 0.1) is 21.4 Å². The van der Waals surface area contributed by atoms with E-state index in [1.165, 1.54) is 12.1 Å². The number of hydrogen-bond donors (Lipinski definition) is 1. The van der Waals surface area contributed by atoms with Gasteiger partial charge in [0.2, 0.25) is 5.39 Å². The maximum Gasteiger partial charge on any atom is 0.449 e. The van der Waals surface area contributed by atoms with E-state index >= 15 is 0 Å². The maximum atomic E-state index is 10.7. The van der Waals surface area contributed by atoms with Crippen molar-refractivity contribution in [3.63, 3.8) is 0 Å². The number of hydrogen-bond acceptors (Lipinski definition) is 6. The highest BCUT2D eigenvalue weighted by Gasteiger charge is 2.47. The molecule has 2 aromatic rings. The van der Waals surface area contributed by atoms with Crippen molar-refractivity contribution in [1.29, 1.82) is 5.39 Å². The number of nitrogens with zero attached hydrogens (tertiary/aromatic N) is 3. The van der Waals surface area contributed by atoms with Crippen LogP contribution in [0.1, 0.15) is 17.2 Å². The van der Waals surface area contributed by atoms with Crippen molar-refractivity contribution in [2.24, 2.45) is 5.92 Å². The second-order valence-corrected chi connectivity index (χ2v) is 5.78. The van der Waals surface area contributed by atoms with Crippen LogP contribution in [-0.2, 0) is 16.1 Å². The van der Waals surface area contributed by atoms with E-state index in [1.54, 1.807) is 12.1 Å². The van der Waals surface area contributed by atoms with Gasteiger partial charge in [-0.15, -0.1) is 0 Å². The molecular formula is C18H16N3O5+. The van der Waals surface area contributed by atoms with Gasteiger partial charge in [0.1, 0.15) is 12.0 Å². The summed E-state index contributed by atoms with van der Waals surface area (Å²) in [6.45, 7) is 0.357. The lowest BCUT2D eigenvalue weighted by molar-refractivity contribution is -0.384. The molecule has 0 aliphatic carbocycles. The molecular weight excluding hydrogens is 338 g/mol. The molecule has 132 valence electrons. The minimum Gasteiger partial charge on any atom is -0.475 e. The first kappa shape index (κ1) is 17.4. The molecule has 0 amide bonds. The van der Waals surface area contributed by atoms with E-state index in [9.17, 15) is 20.6 Å². The van der Waals surface area contributed by atoms with E-state index in [4.69, 9.17) is 9.47 Å². The van der Waals surface area contributed by atoms with Gasteiger partial charge in [-0.25, -0.2) is 0 Å². The molecule has 1 aliphatic heterocycles. The van der Waals surface area contributed by atoms with E-state index < -0.39 is 22.9 Å². The Kier molecular flexibility index (Phi) is 5.10. The fourth-order valence-electron chi connectivity index (χ4n) is 2.81. The quantitative estimate of drug-likeness (QED) is 0.475. The zero-order valence-corrected chi connectivity index (χ0v) is 13.7. The molecule has 0 radical (unpaired) electrons. The van der Waals surface area contributed by atoms with Gasteiger partial charge in [0, 0.05) is 12.1 Å². The van der Waals surface area contributed by atoms with Gasteiger partial charge in [0.25, 0.3) is 5.69 Å². The normalized spacial score (nSPS) is 19.0. The molecule has 0 spiro atoms. The van der Waals surface area contributed by atoms with E-state index in [0.29, 0.717) is 0 Å². The molecule has 1 aliphatic rings. The molecule has 2 aromatic carbocycles. The number of nitro groups is 1. The lowest BCUT2D eigenvalue weighted by Gasteiger charge is -2.17. The average molecular weight is 354 g/mol. The zero-order chi connectivity index (χ0) is 18.5. The van der Waals surface area contributed by atoms with E-state index in [0.717, 1.165) is 11.1 Å². The number of ether oxygens (including phenoxy) is 2. The third kappa shape index (κ3) is 3.63. The first-order valence-electron chi connectivity index (χ1n) is 7.91. The second kappa shape index (κ2) is 7.63. The van der Waals surface area contributed by atoms with Crippen LogP contribution in [-0.4, -0.2) is 16.6 Å². The molecule has 0 saturated carbocycles. The van der Waals surface area contributed by atoms with Crippen molar-refractivity contribution >= 4 is 5.69 Å². The van der Waals surface area contributed by atoms with Crippen LogP contribution in [0.15, 0.2) is 66.2 Å². The van der Waals surface area contributed by atoms with Gasteiger partial charge in [-0.3, -0.25) is 10.1 Å². The lowest BCUT2D eigenvalue weighted by Crippen LogP contribution is -2.16. The van der Waals surface area contributed by atoms with Crippen molar-refractivity contribution in [2.45, 2.75) is 12.7 Å². The fourth-order valence-corrected chi connectivity index (χ4v) is 2.81. The van der Waals surface area contributed by atoms with Crippen molar-refractivity contribution in [3.8, 4) is 0 Å². The van der Waals surface area contributed by atoms with Gasteiger partial charge < -0.3 is 14.6 Å². The Morgan fingerprint density at radius 3 is 2.50 bits per heavy atom. The fraction of sp³-hybridized carbons (Fsp3) is 0.222. The van der Waals surface area contributed by atoms with Gasteiger partial charge in [0.15, 0.2) is 4.98 Å². The van der Waals surface area contributed by atoms with Crippen molar-refractivity contribution in [1.82, 2.24) is 0 Å². The molecule has 3 rings (SSSR count). The summed E-state index contributed by atoms with van der Waals surface area (Å²) in [5, 5.41) is 29.7. The molecule has 0 fully saturated rings. The van der Waals surface area contributed by atoms with Gasteiger partial charge >= 0.3 is 11.6 Å². The molecule has 1 heterocycles. The SMILES string of the molecule is N#[N+]C1=C(O)O[C@H](c2ccccc2)[C@H]1COCc1ccc([N+](=O)[O-])cc1. The Morgan fingerprint density at radius 1 is 1.19 bits per heavy atom. The van der Waals surface area contributed by atoms with E-state index in [-0.39, 0.29) is 24.6 Å². The number of aliphatic hydroxyl groups is 1. The molecule has 0 saturated heterocycles. The summed E-state index contributed by atoms with van der Waals surface area (Å²) in [6, 6.07) is 15.3. The molecule has 2 atom stereocenters. The van der Waals surface area contributed by atoms with Crippen molar-refractivity contribution < 1.29 is 19.5 Å². The largest absolute Gasteiger partial charge is 0.475 e. The number of rotatable bonds is 6. The van der Waals surface area contributed by atoms with Crippen LogP contribution in [0.25, 0.3) is 4.98 Å². The lowest BCUT2D eigenvalue weighted by atomic mass is 9.95. The highest BCUT2D eigenvalue weighted by Crippen LogP contribution is 2.41. The minimum absolute atomic E-state index is 0.0105. The Balaban J connectivity index is 1.67. The van der Waals surface area contributed by atoms with Crippen molar-refractivity contribution in [2.75, 3.05) is 6.61 Å². The summed E-state index contributed by atoms with van der Waals surface area (Å²) in [5.74, 6) is -0.911. The van der Waals surface area contributed by atoms with E-state index in [1.807, 2.05) is 30.3 Å². The Morgan fingerprint density at radius 2 is 1.88 bits per heavy atom. The standard InChI is InChI=1S/C18H15N3O5/c19-20-16-15(17(26-18(16)22)13-4-2-1-3-5-13)11-25-10-12-6-8-14(9-7-12)21(23)24/h1-9,15,17H,10-11H2/p+1/t15-,17+/m0/s1. The number of diazo groups is 1. The molecule has 1 N–H and O–H groups in total. The first-order chi connectivity index (χ1) is 12.6. The smallest absolute Gasteiger partial charge is 0.449 e. The maximum absolute atomic E-state index is 10.7. The molecule has 8 heteroatoms. The predicted molar refractivity (Wildman–Crippen MR) is 91.2 cm³/mol. The van der Waals surface area contributed by atoms with Crippen LogP contribution in [0.4, 0.5) is 5.69 Å². The first-order valence-corrected chi connectivity index (χ1v) is 7.91. The van der Waals surface area contributed by atoms with Gasteiger partial charge in [0.05, 0.1) is 18.1 Å². The highest BCUT2D eigenvalue weighted by molar-refractivity contribution is 5.32. The molecule has 0 aromatic heterocycles. The van der Waals surface area contributed by atoms with Gasteiger partial charge in [-0.05, 0) is 23.3 Å². The topological polar surface area (TPSA) is 110 Å². The summed E-state index contributed by atoms with van der Waals surface area (Å²) in [6.07, 6.45) is -0.529. The Labute approximate surface area is 149 Å². The van der Waals surface area contributed by atoms with Crippen LogP contribution in [0.3, 0.4) is 0 Å². The summed E-state index contributed by atoms with van der Waals surface area (Å²) in [5.41, 5.74) is 1.63. The molecule has 0 bridgehead atoms. The number of non-ortho nitro benzene ring substituents is 1. The summed E-state index contributed by atoms with van der Waals surface area (Å²) < 4.78 is 11.1. The third-order valence-electron chi connectivity index (χ3n) is 4.12. The highest BCUT2D eigenvalue weighted by atomic mass is 16.6. The average Bonchev–Trinajstić information content (AvgIpc) is 2.98.